The van der Waals surface area contributed by atoms with Crippen molar-refractivity contribution >= 4 is 11.6 Å². The molecule has 2 rings (SSSR count). The molecule has 0 bridgehead atoms. The molecule has 19 heavy (non-hydrogen) atoms. The molecule has 7 heteroatoms. The Morgan fingerprint density at radius 3 is 2.63 bits per heavy atom. The fourth-order valence-corrected chi connectivity index (χ4v) is 2.02. The molecule has 0 saturated carbocycles. The summed E-state index contributed by atoms with van der Waals surface area (Å²) in [5.74, 6) is 0.442. The van der Waals surface area contributed by atoms with Crippen LogP contribution in [0.3, 0.4) is 0 Å². The van der Waals surface area contributed by atoms with Gasteiger partial charge in [-0.05, 0) is 12.1 Å². The van der Waals surface area contributed by atoms with Crippen LogP contribution < -0.4 is 4.74 Å². The number of hydrogen-bond acceptors (Lipinski definition) is 3. The average molecular weight is 289 g/mol. The lowest BCUT2D eigenvalue weighted by atomic mass is 10.2. The van der Waals surface area contributed by atoms with Gasteiger partial charge in [-0.1, -0.05) is 23.7 Å². The molecule has 0 fully saturated rings. The fraction of sp³-hybridized carbons (Fsp3) is 0.250. The minimum Gasteiger partial charge on any atom is -0.494 e. The van der Waals surface area contributed by atoms with E-state index in [0.29, 0.717) is 11.4 Å². The standard InChI is InChI=1S/C12H11ClF2N2O2/c1-19-9-5-3-2-4-8(9)17-11(13)7(6-18)10(16-17)12(14)15/h2-5,12,18H,6H2,1H3. The van der Waals surface area contributed by atoms with Crippen LogP contribution in [0.1, 0.15) is 17.7 Å². The fourth-order valence-electron chi connectivity index (χ4n) is 1.73. The van der Waals surface area contributed by atoms with Crippen LogP contribution in [-0.2, 0) is 6.61 Å². The van der Waals surface area contributed by atoms with Gasteiger partial charge in [0.1, 0.15) is 22.3 Å². The quantitative estimate of drug-likeness (QED) is 0.941. The van der Waals surface area contributed by atoms with E-state index in [2.05, 4.69) is 5.10 Å². The van der Waals surface area contributed by atoms with Gasteiger partial charge in [0.25, 0.3) is 6.43 Å². The molecule has 0 aliphatic heterocycles. The molecular weight excluding hydrogens is 278 g/mol. The third kappa shape index (κ3) is 2.41. The van der Waals surface area contributed by atoms with E-state index in [1.54, 1.807) is 24.3 Å². The Hall–Kier alpha value is -1.66. The van der Waals surface area contributed by atoms with Crippen molar-refractivity contribution in [3.8, 4) is 11.4 Å². The van der Waals surface area contributed by atoms with Gasteiger partial charge in [0.15, 0.2) is 0 Å². The number of hydrogen-bond donors (Lipinski definition) is 1. The van der Waals surface area contributed by atoms with Gasteiger partial charge < -0.3 is 9.84 Å². The summed E-state index contributed by atoms with van der Waals surface area (Å²) in [7, 11) is 1.46. The minimum atomic E-state index is -2.81. The molecule has 2 aromatic rings. The lowest BCUT2D eigenvalue weighted by Crippen LogP contribution is -2.00. The zero-order valence-electron chi connectivity index (χ0n) is 9.98. The number of halogens is 3. The average Bonchev–Trinajstić information content (AvgIpc) is 2.75. The number of ether oxygens (including phenoxy) is 1. The molecule has 0 aliphatic rings. The van der Waals surface area contributed by atoms with Crippen molar-refractivity contribution in [3.05, 3.63) is 40.7 Å². The largest absolute Gasteiger partial charge is 0.494 e. The highest BCUT2D eigenvalue weighted by atomic mass is 35.5. The first-order valence-corrected chi connectivity index (χ1v) is 5.77. The second-order valence-electron chi connectivity index (χ2n) is 3.70. The molecule has 4 nitrogen and oxygen atoms in total. The Morgan fingerprint density at radius 2 is 2.11 bits per heavy atom. The van der Waals surface area contributed by atoms with Gasteiger partial charge in [-0.15, -0.1) is 0 Å². The molecule has 1 N–H and O–H groups in total. The summed E-state index contributed by atoms with van der Waals surface area (Å²) >= 11 is 5.99. The number of aromatic nitrogens is 2. The van der Waals surface area contributed by atoms with Gasteiger partial charge in [-0.2, -0.15) is 5.10 Å². The number of aliphatic hydroxyl groups is 1. The predicted molar refractivity (Wildman–Crippen MR) is 66.0 cm³/mol. The molecule has 1 heterocycles. The van der Waals surface area contributed by atoms with E-state index in [0.717, 1.165) is 4.68 Å². The third-order valence-electron chi connectivity index (χ3n) is 2.63. The first-order chi connectivity index (χ1) is 9.10. The summed E-state index contributed by atoms with van der Waals surface area (Å²) in [5.41, 5.74) is -0.183. The summed E-state index contributed by atoms with van der Waals surface area (Å²) in [6.45, 7) is -0.604. The summed E-state index contributed by atoms with van der Waals surface area (Å²) in [6.07, 6.45) is -2.81. The molecule has 0 spiro atoms. The van der Waals surface area contributed by atoms with E-state index in [-0.39, 0.29) is 10.7 Å². The number of benzene rings is 1. The highest BCUT2D eigenvalue weighted by molar-refractivity contribution is 6.30. The maximum absolute atomic E-state index is 12.8. The number of aliphatic hydroxyl groups excluding tert-OH is 1. The number of nitrogens with zero attached hydrogens (tertiary/aromatic N) is 2. The van der Waals surface area contributed by atoms with Crippen molar-refractivity contribution < 1.29 is 18.6 Å². The summed E-state index contributed by atoms with van der Waals surface area (Å²) in [6, 6.07) is 6.74. The van der Waals surface area contributed by atoms with E-state index in [1.807, 2.05) is 0 Å². The SMILES string of the molecule is COc1ccccc1-n1nc(C(F)F)c(CO)c1Cl. The zero-order chi connectivity index (χ0) is 14.0. The first kappa shape index (κ1) is 13.8. The van der Waals surface area contributed by atoms with Gasteiger partial charge >= 0.3 is 0 Å². The maximum Gasteiger partial charge on any atom is 0.282 e. The monoisotopic (exact) mass is 288 g/mol. The Balaban J connectivity index is 2.63. The van der Waals surface area contributed by atoms with Gasteiger partial charge in [0.05, 0.1) is 13.7 Å². The lowest BCUT2D eigenvalue weighted by molar-refractivity contribution is 0.141. The van der Waals surface area contributed by atoms with E-state index in [1.165, 1.54) is 7.11 Å². The minimum absolute atomic E-state index is 0.0534. The molecule has 0 unspecified atom stereocenters. The van der Waals surface area contributed by atoms with Gasteiger partial charge in [0.2, 0.25) is 0 Å². The van der Waals surface area contributed by atoms with Crippen molar-refractivity contribution in [2.75, 3.05) is 7.11 Å². The van der Waals surface area contributed by atoms with Crippen molar-refractivity contribution in [2.24, 2.45) is 0 Å². The lowest BCUT2D eigenvalue weighted by Gasteiger charge is -2.08. The number of alkyl halides is 2. The van der Waals surface area contributed by atoms with E-state index >= 15 is 0 Å². The van der Waals surface area contributed by atoms with Gasteiger partial charge in [-0.3, -0.25) is 0 Å². The van der Waals surface area contributed by atoms with E-state index in [4.69, 9.17) is 21.4 Å². The van der Waals surface area contributed by atoms with Crippen LogP contribution in [0.15, 0.2) is 24.3 Å². The Morgan fingerprint density at radius 1 is 1.42 bits per heavy atom. The first-order valence-electron chi connectivity index (χ1n) is 5.39. The van der Waals surface area contributed by atoms with E-state index in [9.17, 15) is 8.78 Å². The number of rotatable bonds is 4. The van der Waals surface area contributed by atoms with Crippen molar-refractivity contribution in [2.45, 2.75) is 13.0 Å². The Kier molecular flexibility index (Phi) is 4.01. The molecule has 0 amide bonds. The normalized spacial score (nSPS) is 11.1. The summed E-state index contributed by atoms with van der Waals surface area (Å²) in [5, 5.41) is 12.8. The van der Waals surface area contributed by atoms with Crippen molar-refractivity contribution in [1.29, 1.82) is 0 Å². The Bertz CT molecular complexity index is 587. The van der Waals surface area contributed by atoms with Crippen LogP contribution in [-0.4, -0.2) is 22.0 Å². The van der Waals surface area contributed by atoms with Crippen LogP contribution in [0.4, 0.5) is 8.78 Å². The number of methoxy groups -OCH3 is 1. The molecule has 0 saturated heterocycles. The zero-order valence-corrected chi connectivity index (χ0v) is 10.7. The summed E-state index contributed by atoms with van der Waals surface area (Å²) < 4.78 is 31.9. The van der Waals surface area contributed by atoms with E-state index < -0.39 is 18.7 Å². The third-order valence-corrected chi connectivity index (χ3v) is 3.02. The maximum atomic E-state index is 12.8. The van der Waals surface area contributed by atoms with Crippen LogP contribution in [0, 0.1) is 0 Å². The predicted octanol–water partition coefficient (Wildman–Crippen LogP) is 2.96. The second-order valence-corrected chi connectivity index (χ2v) is 4.06. The topological polar surface area (TPSA) is 47.3 Å². The van der Waals surface area contributed by atoms with Crippen LogP contribution in [0.25, 0.3) is 5.69 Å². The van der Waals surface area contributed by atoms with Gasteiger partial charge in [0, 0.05) is 5.56 Å². The molecule has 102 valence electrons. The van der Waals surface area contributed by atoms with Crippen LogP contribution in [0.2, 0.25) is 5.15 Å². The van der Waals surface area contributed by atoms with Crippen LogP contribution >= 0.6 is 11.6 Å². The molecule has 0 radical (unpaired) electrons. The van der Waals surface area contributed by atoms with Crippen molar-refractivity contribution in [1.82, 2.24) is 9.78 Å². The molecule has 0 aliphatic carbocycles. The van der Waals surface area contributed by atoms with Crippen LogP contribution in [0.5, 0.6) is 5.75 Å². The molecule has 1 aromatic heterocycles. The Labute approximate surface area is 113 Å². The molecular formula is C12H11ClF2N2O2. The van der Waals surface area contributed by atoms with Crippen molar-refractivity contribution in [3.63, 3.8) is 0 Å². The summed E-state index contributed by atoms with van der Waals surface area (Å²) in [4.78, 5) is 0. The molecule has 0 atom stereocenters. The second kappa shape index (κ2) is 5.54. The smallest absolute Gasteiger partial charge is 0.282 e. The number of para-hydroxylation sites is 2. The highest BCUT2D eigenvalue weighted by Crippen LogP contribution is 2.32. The van der Waals surface area contributed by atoms with Gasteiger partial charge in [-0.25, -0.2) is 13.5 Å². The molecule has 1 aromatic carbocycles. The highest BCUT2D eigenvalue weighted by Gasteiger charge is 2.24.